The Balaban J connectivity index is 2.04. The molecular weight excluding hydrogens is 456 g/mol. The maximum absolute atomic E-state index is 13.2. The van der Waals surface area contributed by atoms with Gasteiger partial charge in [0.25, 0.3) is 11.7 Å². The van der Waals surface area contributed by atoms with Crippen molar-refractivity contribution in [2.45, 2.75) is 32.7 Å². The van der Waals surface area contributed by atoms with Crippen LogP contribution in [-0.2, 0) is 9.59 Å². The van der Waals surface area contributed by atoms with E-state index in [1.807, 2.05) is 44.1 Å². The molecule has 0 saturated carbocycles. The lowest BCUT2D eigenvalue weighted by Gasteiger charge is -2.26. The van der Waals surface area contributed by atoms with Gasteiger partial charge in [0.2, 0.25) is 0 Å². The first-order valence-electron chi connectivity index (χ1n) is 12.3. The quantitative estimate of drug-likeness (QED) is 0.152. The van der Waals surface area contributed by atoms with Crippen LogP contribution in [0.3, 0.4) is 0 Å². The third-order valence-electron chi connectivity index (χ3n) is 6.11. The summed E-state index contributed by atoms with van der Waals surface area (Å²) in [6.07, 6.45) is 3.65. The number of unbranched alkanes of at least 4 members (excludes halogenated alkanes) is 1. The standard InChI is InChI=1S/C29H36N2O5/c1-6-8-18-36-23-13-14-24(20(3)19-23)27(32)25-26(21-9-11-22(12-10-21)35-17-7-2)31(16-15-30(4)5)29(34)28(25)33/h7,9-14,19,26,32H,2,6,8,15-18H2,1,3-5H3. The van der Waals surface area contributed by atoms with E-state index < -0.39 is 17.7 Å². The van der Waals surface area contributed by atoms with Gasteiger partial charge in [-0.15, -0.1) is 0 Å². The van der Waals surface area contributed by atoms with Gasteiger partial charge in [0.05, 0.1) is 18.2 Å². The maximum atomic E-state index is 13.2. The summed E-state index contributed by atoms with van der Waals surface area (Å²) in [7, 11) is 3.82. The molecule has 36 heavy (non-hydrogen) atoms. The summed E-state index contributed by atoms with van der Waals surface area (Å²) in [5.74, 6) is -0.136. The van der Waals surface area contributed by atoms with Gasteiger partial charge >= 0.3 is 0 Å². The monoisotopic (exact) mass is 492 g/mol. The molecule has 3 rings (SSSR count). The molecule has 7 nitrogen and oxygen atoms in total. The predicted molar refractivity (Wildman–Crippen MR) is 141 cm³/mol. The first kappa shape index (κ1) is 27.0. The first-order chi connectivity index (χ1) is 17.3. The molecule has 1 amide bonds. The largest absolute Gasteiger partial charge is 0.507 e. The lowest BCUT2D eigenvalue weighted by Crippen LogP contribution is -2.35. The van der Waals surface area contributed by atoms with E-state index in [0.29, 0.717) is 43.4 Å². The molecule has 1 aliphatic heterocycles. The Morgan fingerprint density at radius 3 is 2.42 bits per heavy atom. The van der Waals surface area contributed by atoms with E-state index in [1.165, 1.54) is 4.90 Å². The number of amides is 1. The Hall–Kier alpha value is -3.58. The second kappa shape index (κ2) is 12.4. The summed E-state index contributed by atoms with van der Waals surface area (Å²) in [6.45, 7) is 9.51. The SMILES string of the molecule is C=CCOc1ccc(C2C(=C(O)c3ccc(OCCCC)cc3C)C(=O)C(=O)N2CCN(C)C)cc1. The highest BCUT2D eigenvalue weighted by atomic mass is 16.5. The molecule has 0 bridgehead atoms. The number of rotatable bonds is 12. The number of benzene rings is 2. The van der Waals surface area contributed by atoms with Crippen LogP contribution >= 0.6 is 0 Å². The van der Waals surface area contributed by atoms with Crippen LogP contribution in [0.4, 0.5) is 0 Å². The lowest BCUT2D eigenvalue weighted by molar-refractivity contribution is -0.140. The number of carbonyl (C=O) groups is 2. The molecule has 0 radical (unpaired) electrons. The number of likely N-dealkylation sites (tertiary alicyclic amines) is 1. The second-order valence-electron chi connectivity index (χ2n) is 9.14. The molecule has 2 aromatic rings. The van der Waals surface area contributed by atoms with Crippen molar-refractivity contribution >= 4 is 17.4 Å². The highest BCUT2D eigenvalue weighted by Gasteiger charge is 2.46. The number of carbonyl (C=O) groups excluding carboxylic acids is 2. The minimum atomic E-state index is -0.710. The smallest absolute Gasteiger partial charge is 0.295 e. The van der Waals surface area contributed by atoms with Gasteiger partial charge in [0, 0.05) is 18.7 Å². The Labute approximate surface area is 213 Å². The summed E-state index contributed by atoms with van der Waals surface area (Å²) in [6, 6.07) is 11.9. The summed E-state index contributed by atoms with van der Waals surface area (Å²) in [5, 5.41) is 11.4. The van der Waals surface area contributed by atoms with E-state index >= 15 is 0 Å². The highest BCUT2D eigenvalue weighted by Crippen LogP contribution is 2.40. The number of aryl methyl sites for hydroxylation is 1. The topological polar surface area (TPSA) is 79.3 Å². The average molecular weight is 493 g/mol. The van der Waals surface area contributed by atoms with E-state index in [0.717, 1.165) is 24.0 Å². The fourth-order valence-electron chi connectivity index (χ4n) is 4.14. The number of hydrogen-bond donors (Lipinski definition) is 1. The van der Waals surface area contributed by atoms with Crippen molar-refractivity contribution in [2.24, 2.45) is 0 Å². The molecule has 1 aliphatic rings. The highest BCUT2D eigenvalue weighted by molar-refractivity contribution is 6.46. The van der Waals surface area contributed by atoms with E-state index in [1.54, 1.807) is 30.3 Å². The molecule has 1 fully saturated rings. The molecule has 1 atom stereocenters. The Kier molecular flexibility index (Phi) is 9.31. The first-order valence-corrected chi connectivity index (χ1v) is 12.3. The zero-order chi connectivity index (χ0) is 26.2. The van der Waals surface area contributed by atoms with Gasteiger partial charge in [0.1, 0.15) is 23.9 Å². The number of aliphatic hydroxyl groups excluding tert-OH is 1. The van der Waals surface area contributed by atoms with E-state index in [-0.39, 0.29) is 11.3 Å². The van der Waals surface area contributed by atoms with Crippen molar-refractivity contribution in [3.63, 3.8) is 0 Å². The number of nitrogens with zero attached hydrogens (tertiary/aromatic N) is 2. The van der Waals surface area contributed by atoms with Crippen molar-refractivity contribution in [3.8, 4) is 11.5 Å². The normalized spacial score (nSPS) is 17.0. The van der Waals surface area contributed by atoms with Gasteiger partial charge in [0.15, 0.2) is 0 Å². The van der Waals surface area contributed by atoms with Crippen LogP contribution in [-0.4, -0.2) is 67.0 Å². The number of aliphatic hydroxyl groups is 1. The van der Waals surface area contributed by atoms with Gasteiger partial charge < -0.3 is 24.4 Å². The molecule has 192 valence electrons. The van der Waals surface area contributed by atoms with Crippen LogP contribution < -0.4 is 9.47 Å². The fourth-order valence-corrected chi connectivity index (χ4v) is 4.14. The van der Waals surface area contributed by atoms with Gasteiger partial charge in [-0.25, -0.2) is 0 Å². The third kappa shape index (κ3) is 6.15. The molecule has 0 aromatic heterocycles. The number of hydrogen-bond acceptors (Lipinski definition) is 6. The molecule has 1 unspecified atom stereocenters. The molecule has 1 N–H and O–H groups in total. The predicted octanol–water partition coefficient (Wildman–Crippen LogP) is 4.72. The summed E-state index contributed by atoms with van der Waals surface area (Å²) in [4.78, 5) is 29.8. The van der Waals surface area contributed by atoms with Crippen molar-refractivity contribution in [2.75, 3.05) is 40.4 Å². The minimum Gasteiger partial charge on any atom is -0.507 e. The van der Waals surface area contributed by atoms with Crippen LogP contribution in [0, 0.1) is 6.92 Å². The zero-order valence-electron chi connectivity index (χ0n) is 21.6. The van der Waals surface area contributed by atoms with Gasteiger partial charge in [-0.05, 0) is 68.9 Å². The Morgan fingerprint density at radius 1 is 1.11 bits per heavy atom. The summed E-state index contributed by atoms with van der Waals surface area (Å²) < 4.78 is 11.4. The second-order valence-corrected chi connectivity index (χ2v) is 9.14. The number of ketones is 1. The van der Waals surface area contributed by atoms with Gasteiger partial charge in [-0.3, -0.25) is 9.59 Å². The zero-order valence-corrected chi connectivity index (χ0v) is 21.6. The van der Waals surface area contributed by atoms with Crippen LogP contribution in [0.25, 0.3) is 5.76 Å². The van der Waals surface area contributed by atoms with Crippen molar-refractivity contribution in [1.82, 2.24) is 9.80 Å². The fraction of sp³-hybridized carbons (Fsp3) is 0.379. The van der Waals surface area contributed by atoms with Crippen LogP contribution in [0.2, 0.25) is 0 Å². The lowest BCUT2D eigenvalue weighted by atomic mass is 9.94. The third-order valence-corrected chi connectivity index (χ3v) is 6.11. The molecule has 0 spiro atoms. The molecule has 1 heterocycles. The number of Topliss-reactive ketones (excluding diaryl/α,β-unsaturated/α-hetero) is 1. The molecular formula is C29H36N2O5. The summed E-state index contributed by atoms with van der Waals surface area (Å²) in [5.41, 5.74) is 2.06. The minimum absolute atomic E-state index is 0.0845. The van der Waals surface area contributed by atoms with Crippen molar-refractivity contribution < 1.29 is 24.2 Å². The number of likely N-dealkylation sites (N-methyl/N-ethyl adjacent to an activating group) is 1. The van der Waals surface area contributed by atoms with E-state index in [9.17, 15) is 14.7 Å². The molecule has 7 heteroatoms. The van der Waals surface area contributed by atoms with Crippen LogP contribution in [0.1, 0.15) is 42.5 Å². The van der Waals surface area contributed by atoms with Gasteiger partial charge in [-0.1, -0.05) is 38.1 Å². The van der Waals surface area contributed by atoms with Crippen molar-refractivity contribution in [1.29, 1.82) is 0 Å². The van der Waals surface area contributed by atoms with Gasteiger partial charge in [-0.2, -0.15) is 0 Å². The van der Waals surface area contributed by atoms with Crippen LogP contribution in [0.15, 0.2) is 60.7 Å². The molecule has 1 saturated heterocycles. The van der Waals surface area contributed by atoms with E-state index in [2.05, 4.69) is 13.5 Å². The Bertz CT molecular complexity index is 1120. The molecule has 0 aliphatic carbocycles. The van der Waals surface area contributed by atoms with Crippen molar-refractivity contribution in [3.05, 3.63) is 77.4 Å². The average Bonchev–Trinajstić information content (AvgIpc) is 3.11. The summed E-state index contributed by atoms with van der Waals surface area (Å²) >= 11 is 0. The van der Waals surface area contributed by atoms with Crippen LogP contribution in [0.5, 0.6) is 11.5 Å². The molecule has 2 aromatic carbocycles. The Morgan fingerprint density at radius 2 is 1.81 bits per heavy atom. The number of ether oxygens (including phenoxy) is 2. The van der Waals surface area contributed by atoms with E-state index in [4.69, 9.17) is 9.47 Å². The maximum Gasteiger partial charge on any atom is 0.295 e.